The van der Waals surface area contributed by atoms with Crippen molar-refractivity contribution in [3.05, 3.63) is 65.1 Å². The third kappa shape index (κ3) is 4.79. The van der Waals surface area contributed by atoms with Crippen LogP contribution in [0.15, 0.2) is 47.2 Å². The van der Waals surface area contributed by atoms with E-state index >= 15 is 0 Å². The number of hydrogen-bond acceptors (Lipinski definition) is 7. The van der Waals surface area contributed by atoms with E-state index in [-0.39, 0.29) is 24.2 Å². The first kappa shape index (κ1) is 22.8. The fourth-order valence-corrected chi connectivity index (χ4v) is 3.99. The van der Waals surface area contributed by atoms with Crippen molar-refractivity contribution >= 4 is 5.78 Å². The maximum absolute atomic E-state index is 12.7. The Hall–Kier alpha value is -4.02. The third-order valence-corrected chi connectivity index (χ3v) is 5.89. The van der Waals surface area contributed by atoms with Crippen LogP contribution in [0.4, 0.5) is 13.2 Å². The number of fused-ring (bicyclic) bond motifs is 1. The second-order valence-corrected chi connectivity index (χ2v) is 8.28. The predicted octanol–water partition coefficient (Wildman–Crippen LogP) is 4.58. The van der Waals surface area contributed by atoms with Crippen LogP contribution in [-0.4, -0.2) is 30.7 Å². The number of halogens is 3. The van der Waals surface area contributed by atoms with Gasteiger partial charge in [0.15, 0.2) is 0 Å². The van der Waals surface area contributed by atoms with Gasteiger partial charge in [0.05, 0.1) is 23.0 Å². The quantitative estimate of drug-likeness (QED) is 0.384. The summed E-state index contributed by atoms with van der Waals surface area (Å²) in [4.78, 5) is 20.2. The molecule has 0 atom stereocenters. The summed E-state index contributed by atoms with van der Waals surface area (Å²) in [5.41, 5.74) is 3.14. The summed E-state index contributed by atoms with van der Waals surface area (Å²) in [6.45, 7) is -0.0249. The van der Waals surface area contributed by atoms with E-state index in [0.717, 1.165) is 47.9 Å². The minimum atomic E-state index is -4.47. The second-order valence-electron chi connectivity index (χ2n) is 8.28. The number of ether oxygens (including phenoxy) is 1. The van der Waals surface area contributed by atoms with E-state index in [2.05, 4.69) is 20.2 Å². The average molecular weight is 483 g/mol. The number of rotatable bonds is 5. The molecule has 4 aromatic rings. The van der Waals surface area contributed by atoms with E-state index in [1.807, 2.05) is 18.2 Å². The summed E-state index contributed by atoms with van der Waals surface area (Å²) < 4.78 is 50.8. The van der Waals surface area contributed by atoms with Gasteiger partial charge < -0.3 is 9.26 Å². The number of ketones is 1. The largest absolute Gasteiger partial charge is 0.471 e. The van der Waals surface area contributed by atoms with Gasteiger partial charge in [-0.15, -0.1) is 0 Å². The molecule has 0 spiro atoms. The highest BCUT2D eigenvalue weighted by atomic mass is 19.4. The van der Waals surface area contributed by atoms with Crippen molar-refractivity contribution in [1.29, 1.82) is 0 Å². The van der Waals surface area contributed by atoms with Crippen LogP contribution in [0, 0.1) is 0 Å². The number of aromatic nitrogens is 5. The molecule has 0 amide bonds. The van der Waals surface area contributed by atoms with Crippen LogP contribution >= 0.6 is 0 Å². The molecule has 3 aromatic heterocycles. The Balaban J connectivity index is 1.35. The van der Waals surface area contributed by atoms with E-state index in [4.69, 9.17) is 9.26 Å². The fourth-order valence-electron chi connectivity index (χ4n) is 3.99. The van der Waals surface area contributed by atoms with E-state index < -0.39 is 11.7 Å². The average Bonchev–Trinajstić information content (AvgIpc) is 3.40. The molecule has 8 nitrogen and oxygen atoms in total. The Bertz CT molecular complexity index is 1380. The molecule has 1 aliphatic rings. The van der Waals surface area contributed by atoms with Crippen molar-refractivity contribution in [2.45, 2.75) is 38.5 Å². The molecule has 0 N–H and O–H groups in total. The van der Waals surface area contributed by atoms with E-state index in [0.29, 0.717) is 29.9 Å². The highest BCUT2D eigenvalue weighted by molar-refractivity contribution is 5.82. The number of carbonyl (C=O) groups is 1. The topological polar surface area (TPSA) is 95.9 Å². The Kier molecular flexibility index (Phi) is 5.83. The first-order valence-corrected chi connectivity index (χ1v) is 10.9. The summed E-state index contributed by atoms with van der Waals surface area (Å²) >= 11 is 0. The van der Waals surface area contributed by atoms with Gasteiger partial charge in [0.1, 0.15) is 12.4 Å². The highest BCUT2D eigenvalue weighted by Gasteiger charge is 2.30. The number of carbonyl (C=O) groups excluding carboxylic acids is 1. The van der Waals surface area contributed by atoms with Crippen molar-refractivity contribution in [3.8, 4) is 28.7 Å². The normalized spacial score (nSPS) is 14.0. The van der Waals surface area contributed by atoms with Gasteiger partial charge in [-0.2, -0.15) is 23.3 Å². The summed E-state index contributed by atoms with van der Waals surface area (Å²) in [5, 5.41) is 8.30. The molecule has 0 unspecified atom stereocenters. The molecule has 1 aromatic carbocycles. The number of nitrogens with zero attached hydrogens (tertiary/aromatic N) is 5. The van der Waals surface area contributed by atoms with Gasteiger partial charge in [-0.3, -0.25) is 9.48 Å². The molecule has 0 bridgehead atoms. The molecule has 1 aliphatic carbocycles. The second kappa shape index (κ2) is 8.97. The lowest BCUT2D eigenvalue weighted by atomic mass is 9.99. The van der Waals surface area contributed by atoms with Crippen molar-refractivity contribution in [2.24, 2.45) is 7.05 Å². The van der Waals surface area contributed by atoms with E-state index in [1.165, 1.54) is 0 Å². The van der Waals surface area contributed by atoms with E-state index in [1.54, 1.807) is 17.9 Å². The summed E-state index contributed by atoms with van der Waals surface area (Å²) in [6.07, 6.45) is 0.504. The highest BCUT2D eigenvalue weighted by Crippen LogP contribution is 2.30. The first-order valence-electron chi connectivity index (χ1n) is 10.9. The van der Waals surface area contributed by atoms with Crippen LogP contribution < -0.4 is 4.74 Å². The predicted molar refractivity (Wildman–Crippen MR) is 117 cm³/mol. The van der Waals surface area contributed by atoms with Crippen molar-refractivity contribution in [2.75, 3.05) is 0 Å². The van der Waals surface area contributed by atoms with Crippen LogP contribution in [0.1, 0.15) is 35.2 Å². The minimum Gasteiger partial charge on any atom is -0.471 e. The molecule has 3 heterocycles. The molecule has 11 heteroatoms. The van der Waals surface area contributed by atoms with Gasteiger partial charge in [-0.25, -0.2) is 4.98 Å². The zero-order valence-electron chi connectivity index (χ0n) is 18.7. The number of hydrogen-bond donors (Lipinski definition) is 0. The van der Waals surface area contributed by atoms with Crippen LogP contribution in [0.5, 0.6) is 5.88 Å². The van der Waals surface area contributed by atoms with E-state index in [9.17, 15) is 18.0 Å². The van der Waals surface area contributed by atoms with Crippen molar-refractivity contribution in [1.82, 2.24) is 24.9 Å². The van der Waals surface area contributed by atoms with Gasteiger partial charge in [0, 0.05) is 37.7 Å². The maximum atomic E-state index is 12.7. The molecule has 180 valence electrons. The molecule has 0 radical (unpaired) electrons. The smallest absolute Gasteiger partial charge is 0.417 e. The van der Waals surface area contributed by atoms with Crippen molar-refractivity contribution in [3.63, 3.8) is 0 Å². The van der Waals surface area contributed by atoms with Crippen LogP contribution in [0.2, 0.25) is 0 Å². The molecule has 0 aliphatic heterocycles. The SMILES string of the molecule is Cn1ncc(-c2nc(-c3ccc4c(c3)CC(=O)CCC4)no2)c1COc1ccc(C(F)(F)F)cn1. The maximum Gasteiger partial charge on any atom is 0.417 e. The molecule has 0 saturated carbocycles. The molecular formula is C24H20F3N5O3. The van der Waals surface area contributed by atoms with Crippen LogP contribution in [0.3, 0.4) is 0 Å². The number of pyridine rings is 1. The Morgan fingerprint density at radius 2 is 1.97 bits per heavy atom. The lowest BCUT2D eigenvalue weighted by Gasteiger charge is -2.09. The monoisotopic (exact) mass is 483 g/mol. The molecule has 0 saturated heterocycles. The number of benzene rings is 1. The summed E-state index contributed by atoms with van der Waals surface area (Å²) in [5.74, 6) is 0.853. The number of Topliss-reactive ketones (excluding diaryl/α,β-unsaturated/α-hetero) is 1. The molecule has 5 rings (SSSR count). The third-order valence-electron chi connectivity index (χ3n) is 5.89. The van der Waals surface area contributed by atoms with Crippen molar-refractivity contribution < 1.29 is 27.2 Å². The molecular weight excluding hydrogens is 463 g/mol. The molecule has 0 fully saturated rings. The van der Waals surface area contributed by atoms with Gasteiger partial charge in [-0.05, 0) is 36.1 Å². The lowest BCUT2D eigenvalue weighted by Crippen LogP contribution is -2.07. The zero-order chi connectivity index (χ0) is 24.6. The van der Waals surface area contributed by atoms with Gasteiger partial charge >= 0.3 is 6.18 Å². The minimum absolute atomic E-state index is 0.0249. The fraction of sp³-hybridized carbons (Fsp3) is 0.292. The Morgan fingerprint density at radius 1 is 1.11 bits per heavy atom. The van der Waals surface area contributed by atoms with Crippen LogP contribution in [0.25, 0.3) is 22.8 Å². The lowest BCUT2D eigenvalue weighted by molar-refractivity contribution is -0.137. The zero-order valence-corrected chi connectivity index (χ0v) is 18.7. The van der Waals surface area contributed by atoms with Gasteiger partial charge in [0.25, 0.3) is 5.89 Å². The standard InChI is InChI=1S/C24H20F3N5O3/c1-32-20(13-34-21-8-7-17(11-28-21)24(25,26)27)19(12-29-32)23-30-22(31-35-23)15-6-5-14-3-2-4-18(33)10-16(14)9-15/h5-9,11-12H,2-4,10,13H2,1H3. The number of alkyl halides is 3. The first-order chi connectivity index (χ1) is 16.8. The molecule has 35 heavy (non-hydrogen) atoms. The Labute approximate surface area is 197 Å². The number of aryl methyl sites for hydroxylation is 2. The van der Waals surface area contributed by atoms with Gasteiger partial charge in [-0.1, -0.05) is 17.3 Å². The van der Waals surface area contributed by atoms with Crippen LogP contribution in [-0.2, 0) is 37.5 Å². The summed E-state index contributed by atoms with van der Waals surface area (Å²) in [6, 6.07) is 7.90. The Morgan fingerprint density at radius 3 is 2.74 bits per heavy atom. The van der Waals surface area contributed by atoms with Gasteiger partial charge in [0.2, 0.25) is 11.7 Å². The summed E-state index contributed by atoms with van der Waals surface area (Å²) in [7, 11) is 1.70.